The zero-order valence-electron chi connectivity index (χ0n) is 5.69. The van der Waals surface area contributed by atoms with Gasteiger partial charge in [0.15, 0.2) is 0 Å². The van der Waals surface area contributed by atoms with Gasteiger partial charge in [-0.3, -0.25) is 0 Å². The molecule has 0 amide bonds. The second-order valence-corrected chi connectivity index (χ2v) is 1.42. The molecule has 0 aromatic heterocycles. The topological polar surface area (TPSA) is 12.0 Å². The van der Waals surface area contributed by atoms with E-state index < -0.39 is 0 Å². The molecule has 0 saturated carbocycles. The van der Waals surface area contributed by atoms with Crippen LogP contribution in [0.3, 0.4) is 0 Å². The van der Waals surface area contributed by atoms with Crippen LogP contribution in [0.15, 0.2) is 11.8 Å². The Bertz CT molecular complexity index is 62.9. The van der Waals surface area contributed by atoms with E-state index in [4.69, 9.17) is 0 Å². The highest BCUT2D eigenvalue weighted by atomic mass is 35.5. The highest BCUT2D eigenvalue weighted by Crippen LogP contribution is 1.90. The minimum absolute atomic E-state index is 0. The quantitative estimate of drug-likeness (QED) is 0.610. The van der Waals surface area contributed by atoms with Gasteiger partial charge in [0.25, 0.3) is 0 Å². The fraction of sp³-hybridized carbons (Fsp3) is 0.667. The maximum Gasteiger partial charge on any atom is 0.00579 e. The Hall–Kier alpha value is -0.170. The Labute approximate surface area is 57.6 Å². The lowest BCUT2D eigenvalue weighted by molar-refractivity contribution is 0.896. The van der Waals surface area contributed by atoms with Crippen LogP contribution in [0.25, 0.3) is 0 Å². The summed E-state index contributed by atoms with van der Waals surface area (Å²) in [7, 11) is 1.94. The molecule has 1 nitrogen and oxygen atoms in total. The molecule has 0 aromatic carbocycles. The molecule has 50 valence electrons. The van der Waals surface area contributed by atoms with Gasteiger partial charge in [0.05, 0.1) is 0 Å². The van der Waals surface area contributed by atoms with Crippen molar-refractivity contribution in [1.82, 2.24) is 5.32 Å². The van der Waals surface area contributed by atoms with Crippen molar-refractivity contribution < 1.29 is 0 Å². The van der Waals surface area contributed by atoms with Crippen molar-refractivity contribution in [2.24, 2.45) is 0 Å². The third-order valence-corrected chi connectivity index (χ3v) is 1.05. The average molecular weight is 136 g/mol. The highest BCUT2D eigenvalue weighted by molar-refractivity contribution is 5.85. The second-order valence-electron chi connectivity index (χ2n) is 1.42. The first-order valence-corrected chi connectivity index (χ1v) is 2.68. The number of halogens is 1. The fourth-order valence-electron chi connectivity index (χ4n) is 0.525. The predicted octanol–water partition coefficient (Wildman–Crippen LogP) is 1.94. The third kappa shape index (κ3) is 4.00. The van der Waals surface area contributed by atoms with E-state index in [1.807, 2.05) is 14.0 Å². The summed E-state index contributed by atoms with van der Waals surface area (Å²) in [6.45, 7) is 4.17. The van der Waals surface area contributed by atoms with E-state index in [-0.39, 0.29) is 12.4 Å². The van der Waals surface area contributed by atoms with Gasteiger partial charge in [-0.2, -0.15) is 0 Å². The van der Waals surface area contributed by atoms with E-state index in [1.54, 1.807) is 0 Å². The lowest BCUT2D eigenvalue weighted by Crippen LogP contribution is -2.02. The van der Waals surface area contributed by atoms with Gasteiger partial charge in [-0.05, 0) is 13.3 Å². The Morgan fingerprint density at radius 3 is 2.12 bits per heavy atom. The normalized spacial score (nSPS) is 10.1. The first-order valence-electron chi connectivity index (χ1n) is 2.68. The first kappa shape index (κ1) is 10.7. The molecule has 0 heterocycles. The molecule has 0 spiro atoms. The van der Waals surface area contributed by atoms with Crippen molar-refractivity contribution in [3.8, 4) is 0 Å². The summed E-state index contributed by atoms with van der Waals surface area (Å²) >= 11 is 0. The summed E-state index contributed by atoms with van der Waals surface area (Å²) in [5.74, 6) is 0. The minimum Gasteiger partial charge on any atom is -0.392 e. The zero-order valence-corrected chi connectivity index (χ0v) is 6.51. The summed E-state index contributed by atoms with van der Waals surface area (Å²) in [6.07, 6.45) is 3.19. The number of allylic oxidation sites excluding steroid dienone is 2. The molecule has 0 aliphatic rings. The Morgan fingerprint density at radius 1 is 1.62 bits per heavy atom. The Kier molecular flexibility index (Phi) is 9.17. The molecule has 8 heavy (non-hydrogen) atoms. The van der Waals surface area contributed by atoms with Gasteiger partial charge in [-0.15, -0.1) is 12.4 Å². The number of hydrogen-bond acceptors (Lipinski definition) is 1. The monoisotopic (exact) mass is 135 g/mol. The SMILES string of the molecule is CC=C(CC)NC.Cl. The molecule has 0 aromatic rings. The summed E-state index contributed by atoms with van der Waals surface area (Å²) in [5.41, 5.74) is 1.31. The number of rotatable bonds is 2. The third-order valence-electron chi connectivity index (χ3n) is 1.05. The van der Waals surface area contributed by atoms with Crippen molar-refractivity contribution >= 4 is 12.4 Å². The first-order chi connectivity index (χ1) is 3.35. The van der Waals surface area contributed by atoms with Crippen LogP contribution in [-0.2, 0) is 0 Å². The molecule has 0 fully saturated rings. The van der Waals surface area contributed by atoms with Gasteiger partial charge in [0, 0.05) is 12.7 Å². The number of nitrogens with one attached hydrogen (secondary N) is 1. The van der Waals surface area contributed by atoms with E-state index in [9.17, 15) is 0 Å². The zero-order chi connectivity index (χ0) is 5.70. The molecule has 0 aliphatic carbocycles. The van der Waals surface area contributed by atoms with Gasteiger partial charge in [0.1, 0.15) is 0 Å². The highest BCUT2D eigenvalue weighted by Gasteiger charge is 1.79. The molecular weight excluding hydrogens is 122 g/mol. The van der Waals surface area contributed by atoms with Gasteiger partial charge >= 0.3 is 0 Å². The van der Waals surface area contributed by atoms with Crippen molar-refractivity contribution in [2.75, 3.05) is 7.05 Å². The lowest BCUT2D eigenvalue weighted by atomic mass is 10.3. The summed E-state index contributed by atoms with van der Waals surface area (Å²) < 4.78 is 0. The van der Waals surface area contributed by atoms with Crippen LogP contribution in [0.4, 0.5) is 0 Å². The molecule has 0 aliphatic heterocycles. The molecule has 0 bridgehead atoms. The number of hydrogen-bond donors (Lipinski definition) is 1. The van der Waals surface area contributed by atoms with E-state index in [1.165, 1.54) is 5.70 Å². The smallest absolute Gasteiger partial charge is 0.00579 e. The van der Waals surface area contributed by atoms with Gasteiger partial charge in [-0.25, -0.2) is 0 Å². The van der Waals surface area contributed by atoms with Crippen molar-refractivity contribution in [3.05, 3.63) is 11.8 Å². The molecule has 1 N–H and O–H groups in total. The van der Waals surface area contributed by atoms with Gasteiger partial charge in [-0.1, -0.05) is 13.0 Å². The van der Waals surface area contributed by atoms with Gasteiger partial charge in [0.2, 0.25) is 0 Å². The molecule has 2 heteroatoms. The standard InChI is InChI=1S/C6H13N.ClH/c1-4-6(5-2)7-3;/h4,7H,5H2,1-3H3;1H. The van der Waals surface area contributed by atoms with Crippen molar-refractivity contribution in [3.63, 3.8) is 0 Å². The summed E-state index contributed by atoms with van der Waals surface area (Å²) in [6, 6.07) is 0. The van der Waals surface area contributed by atoms with Crippen molar-refractivity contribution in [1.29, 1.82) is 0 Å². The van der Waals surface area contributed by atoms with Crippen molar-refractivity contribution in [2.45, 2.75) is 20.3 Å². The summed E-state index contributed by atoms with van der Waals surface area (Å²) in [5, 5.41) is 3.06. The summed E-state index contributed by atoms with van der Waals surface area (Å²) in [4.78, 5) is 0. The lowest BCUT2D eigenvalue weighted by Gasteiger charge is -1.98. The van der Waals surface area contributed by atoms with Crippen LogP contribution in [0.5, 0.6) is 0 Å². The van der Waals surface area contributed by atoms with Crippen LogP contribution < -0.4 is 5.32 Å². The molecule has 0 saturated heterocycles. The Morgan fingerprint density at radius 2 is 2.12 bits per heavy atom. The fourth-order valence-corrected chi connectivity index (χ4v) is 0.525. The molecule has 0 atom stereocenters. The van der Waals surface area contributed by atoms with Crippen LogP contribution in [0.2, 0.25) is 0 Å². The maximum absolute atomic E-state index is 3.06. The van der Waals surface area contributed by atoms with E-state index in [0.29, 0.717) is 0 Å². The van der Waals surface area contributed by atoms with Gasteiger partial charge < -0.3 is 5.32 Å². The second kappa shape index (κ2) is 6.83. The average Bonchev–Trinajstić information content (AvgIpc) is 1.72. The molecule has 0 rings (SSSR count). The molecule has 0 unspecified atom stereocenters. The van der Waals surface area contributed by atoms with Crippen LogP contribution in [0.1, 0.15) is 20.3 Å². The van der Waals surface area contributed by atoms with Crippen LogP contribution in [0, 0.1) is 0 Å². The van der Waals surface area contributed by atoms with E-state index >= 15 is 0 Å². The van der Waals surface area contributed by atoms with E-state index in [0.717, 1.165) is 6.42 Å². The molecular formula is C6H14ClN. The maximum atomic E-state index is 3.06. The van der Waals surface area contributed by atoms with Crippen LogP contribution in [-0.4, -0.2) is 7.05 Å². The van der Waals surface area contributed by atoms with Crippen LogP contribution >= 0.6 is 12.4 Å². The van der Waals surface area contributed by atoms with E-state index in [2.05, 4.69) is 18.3 Å². The minimum atomic E-state index is 0. The Balaban J connectivity index is 0. The largest absolute Gasteiger partial charge is 0.392 e. The molecule has 0 radical (unpaired) electrons. The predicted molar refractivity (Wildman–Crippen MR) is 40.4 cm³/mol.